The minimum atomic E-state index is -0.289. The number of carbonyl (C=O) groups excluding carboxylic acids is 1. The van der Waals surface area contributed by atoms with Crippen LogP contribution in [0.3, 0.4) is 0 Å². The Morgan fingerprint density at radius 3 is 2.57 bits per heavy atom. The van der Waals surface area contributed by atoms with Gasteiger partial charge >= 0.3 is 0 Å². The molecule has 1 aliphatic carbocycles. The molecule has 112 valence electrons. The van der Waals surface area contributed by atoms with E-state index >= 15 is 0 Å². The molecule has 0 saturated heterocycles. The molecule has 23 heavy (non-hydrogen) atoms. The second kappa shape index (κ2) is 4.89. The van der Waals surface area contributed by atoms with Crippen molar-refractivity contribution in [3.63, 3.8) is 0 Å². The summed E-state index contributed by atoms with van der Waals surface area (Å²) in [5.41, 5.74) is 1.54. The molecule has 0 amide bonds. The number of aromatic nitrogens is 1. The summed E-state index contributed by atoms with van der Waals surface area (Å²) in [5, 5.41) is 1.13. The molecular weight excluding hydrogens is 314 g/mol. The zero-order chi connectivity index (χ0) is 16.1. The summed E-state index contributed by atoms with van der Waals surface area (Å²) in [4.78, 5) is 28.8. The lowest BCUT2D eigenvalue weighted by atomic mass is 10.0. The van der Waals surface area contributed by atoms with Gasteiger partial charge in [-0.25, -0.2) is 4.98 Å². The van der Waals surface area contributed by atoms with E-state index in [1.165, 1.54) is 6.92 Å². The number of Topliss-reactive ketones (excluding diaryl/α,β-unsaturated/α-hetero) is 1. The van der Waals surface area contributed by atoms with E-state index in [-0.39, 0.29) is 22.0 Å². The number of nitrogens with zero attached hydrogens (tertiary/aromatic N) is 1. The molecule has 0 bridgehead atoms. The summed E-state index contributed by atoms with van der Waals surface area (Å²) in [7, 11) is 0. The third-order valence-corrected chi connectivity index (χ3v) is 4.20. The number of hydrogen-bond donors (Lipinski definition) is 0. The van der Waals surface area contributed by atoms with Gasteiger partial charge in [-0.05, 0) is 19.1 Å². The van der Waals surface area contributed by atoms with Crippen molar-refractivity contribution in [3.8, 4) is 11.5 Å². The summed E-state index contributed by atoms with van der Waals surface area (Å²) < 4.78 is 5.81. The third kappa shape index (κ3) is 1.95. The zero-order valence-corrected chi connectivity index (χ0v) is 12.8. The van der Waals surface area contributed by atoms with Gasteiger partial charge in [-0.2, -0.15) is 0 Å². The van der Waals surface area contributed by atoms with Crippen molar-refractivity contribution < 1.29 is 9.21 Å². The molecule has 0 fully saturated rings. The van der Waals surface area contributed by atoms with Crippen molar-refractivity contribution in [1.29, 1.82) is 0 Å². The molecule has 2 aliphatic rings. The number of ketones is 1. The number of hydrogen-bond acceptors (Lipinski definition) is 4. The number of rotatable bonds is 1. The van der Waals surface area contributed by atoms with Gasteiger partial charge in [0.2, 0.25) is 5.43 Å². The predicted molar refractivity (Wildman–Crippen MR) is 89.4 cm³/mol. The maximum Gasteiger partial charge on any atom is 0.208 e. The first-order valence-corrected chi connectivity index (χ1v) is 7.40. The fourth-order valence-corrected chi connectivity index (χ4v) is 3.00. The fraction of sp³-hybridized carbons (Fsp3) is 0.0556. The molecule has 5 heteroatoms. The standard InChI is InChI=1S/C18H10ClNO3/c1-9(21)10-7-4-8-13-15(10)20-16-11-5-2-3-6-12(11)17(22)14(19)18(16)23-13/h2-8H,1H3. The third-order valence-electron chi connectivity index (χ3n) is 3.85. The summed E-state index contributed by atoms with van der Waals surface area (Å²) in [5.74, 6) is 0.136. The molecular formula is C18H10ClNO3. The molecule has 0 atom stereocenters. The quantitative estimate of drug-likeness (QED) is 0.297. The van der Waals surface area contributed by atoms with Gasteiger partial charge in [0.15, 0.2) is 17.1 Å². The number of halogens is 1. The number of para-hydroxylation sites is 1. The normalized spacial score (nSPS) is 11.4. The Morgan fingerprint density at radius 2 is 1.83 bits per heavy atom. The van der Waals surface area contributed by atoms with Crippen molar-refractivity contribution in [3.05, 3.63) is 63.3 Å². The lowest BCUT2D eigenvalue weighted by Crippen LogP contribution is -2.07. The average molecular weight is 324 g/mol. The van der Waals surface area contributed by atoms with E-state index in [1.54, 1.807) is 36.4 Å². The Hall–Kier alpha value is -2.72. The van der Waals surface area contributed by atoms with Gasteiger partial charge < -0.3 is 4.42 Å². The van der Waals surface area contributed by atoms with E-state index in [0.717, 1.165) is 0 Å². The summed E-state index contributed by atoms with van der Waals surface area (Å²) in [6, 6.07) is 12.2. The summed E-state index contributed by atoms with van der Waals surface area (Å²) in [6.45, 7) is 1.48. The van der Waals surface area contributed by atoms with E-state index < -0.39 is 0 Å². The smallest absolute Gasteiger partial charge is 0.208 e. The van der Waals surface area contributed by atoms with Crippen LogP contribution in [0.2, 0.25) is 5.02 Å². The van der Waals surface area contributed by atoms with Crippen molar-refractivity contribution in [2.45, 2.75) is 6.92 Å². The van der Waals surface area contributed by atoms with Gasteiger partial charge in [0.1, 0.15) is 16.2 Å². The predicted octanol–water partition coefficient (Wildman–Crippen LogP) is 4.30. The van der Waals surface area contributed by atoms with Crippen molar-refractivity contribution in [2.24, 2.45) is 0 Å². The summed E-state index contributed by atoms with van der Waals surface area (Å²) >= 11 is 6.19. The van der Waals surface area contributed by atoms with Crippen LogP contribution in [-0.2, 0) is 0 Å². The van der Waals surface area contributed by atoms with E-state index in [9.17, 15) is 9.59 Å². The number of carbonyl (C=O) groups is 1. The van der Waals surface area contributed by atoms with Crippen LogP contribution in [0.25, 0.3) is 33.3 Å². The molecule has 2 aromatic carbocycles. The molecule has 4 nitrogen and oxygen atoms in total. The highest BCUT2D eigenvalue weighted by atomic mass is 35.5. The highest BCUT2D eigenvalue weighted by molar-refractivity contribution is 6.34. The van der Waals surface area contributed by atoms with Crippen LogP contribution in [0.1, 0.15) is 17.3 Å². The first-order valence-electron chi connectivity index (χ1n) is 7.02. The van der Waals surface area contributed by atoms with Crippen molar-refractivity contribution in [1.82, 2.24) is 4.98 Å². The summed E-state index contributed by atoms with van der Waals surface area (Å²) in [6.07, 6.45) is 0. The number of fused-ring (bicyclic) bond motifs is 4. The Bertz CT molecular complexity index is 1130. The zero-order valence-electron chi connectivity index (χ0n) is 12.1. The maximum absolute atomic E-state index is 12.4. The molecule has 0 spiro atoms. The fourth-order valence-electron chi connectivity index (χ4n) is 2.77. The van der Waals surface area contributed by atoms with Crippen LogP contribution >= 0.6 is 11.6 Å². The van der Waals surface area contributed by atoms with Crippen LogP contribution in [0.5, 0.6) is 0 Å². The minimum absolute atomic E-state index is 0.00123. The molecule has 0 N–H and O–H groups in total. The van der Waals surface area contributed by atoms with Gasteiger partial charge in [-0.1, -0.05) is 41.9 Å². The highest BCUT2D eigenvalue weighted by Crippen LogP contribution is 2.35. The van der Waals surface area contributed by atoms with E-state index in [4.69, 9.17) is 16.0 Å². The Labute approximate surface area is 135 Å². The molecule has 0 radical (unpaired) electrons. The van der Waals surface area contributed by atoms with Gasteiger partial charge in [-0.3, -0.25) is 9.59 Å². The minimum Gasteiger partial charge on any atom is -0.451 e. The monoisotopic (exact) mass is 323 g/mol. The second-order valence-corrected chi connectivity index (χ2v) is 5.67. The maximum atomic E-state index is 12.4. The van der Waals surface area contributed by atoms with E-state index in [0.29, 0.717) is 33.1 Å². The van der Waals surface area contributed by atoms with Gasteiger partial charge in [0.25, 0.3) is 0 Å². The Balaban J connectivity index is 2.30. The van der Waals surface area contributed by atoms with Gasteiger partial charge in [0.05, 0.1) is 0 Å². The molecule has 4 rings (SSSR count). The Morgan fingerprint density at radius 1 is 1.09 bits per heavy atom. The SMILES string of the molecule is CC(=O)c1cccc2oc3c(Cl)c(=O)c4ccccc4c-3nc12. The first kappa shape index (κ1) is 13.9. The van der Waals surface area contributed by atoms with Crippen LogP contribution in [0, 0.1) is 0 Å². The lowest BCUT2D eigenvalue weighted by molar-refractivity contribution is 0.101. The molecule has 0 saturated carbocycles. The topological polar surface area (TPSA) is 60.2 Å². The molecule has 1 heterocycles. The van der Waals surface area contributed by atoms with Gasteiger partial charge in [0, 0.05) is 16.3 Å². The van der Waals surface area contributed by atoms with Crippen LogP contribution in [0.15, 0.2) is 51.7 Å². The molecule has 2 aromatic rings. The largest absolute Gasteiger partial charge is 0.451 e. The number of benzene rings is 3. The molecule has 0 aromatic heterocycles. The second-order valence-electron chi connectivity index (χ2n) is 5.29. The van der Waals surface area contributed by atoms with E-state index in [1.807, 2.05) is 6.07 Å². The lowest BCUT2D eigenvalue weighted by Gasteiger charge is -2.12. The molecule has 1 aliphatic heterocycles. The van der Waals surface area contributed by atoms with Crippen LogP contribution in [0.4, 0.5) is 0 Å². The van der Waals surface area contributed by atoms with Gasteiger partial charge in [-0.15, -0.1) is 0 Å². The Kier molecular flexibility index (Phi) is 2.96. The first-order chi connectivity index (χ1) is 11.1. The van der Waals surface area contributed by atoms with Crippen LogP contribution < -0.4 is 5.43 Å². The molecule has 0 unspecified atom stereocenters. The highest BCUT2D eigenvalue weighted by Gasteiger charge is 2.22. The van der Waals surface area contributed by atoms with E-state index in [2.05, 4.69) is 4.98 Å². The average Bonchev–Trinajstić information content (AvgIpc) is 2.57. The van der Waals surface area contributed by atoms with Crippen molar-refractivity contribution >= 4 is 39.3 Å². The van der Waals surface area contributed by atoms with Crippen molar-refractivity contribution in [2.75, 3.05) is 0 Å². The van der Waals surface area contributed by atoms with Crippen LogP contribution in [-0.4, -0.2) is 10.8 Å².